The Hall–Kier alpha value is -1.74. The van der Waals surface area contributed by atoms with Gasteiger partial charge in [0.05, 0.1) is 5.02 Å². The summed E-state index contributed by atoms with van der Waals surface area (Å²) in [4.78, 5) is 4.28. The predicted octanol–water partition coefficient (Wildman–Crippen LogP) is 3.75. The van der Waals surface area contributed by atoms with Gasteiger partial charge >= 0.3 is 0 Å². The molecule has 18 heavy (non-hydrogen) atoms. The molecule has 1 aromatic heterocycles. The van der Waals surface area contributed by atoms with E-state index in [1.54, 1.807) is 6.20 Å². The summed E-state index contributed by atoms with van der Waals surface area (Å²) in [6, 6.07) is 11.3. The Labute approximate surface area is 112 Å². The molecule has 0 aliphatic carbocycles. The number of rotatable bonds is 5. The van der Waals surface area contributed by atoms with E-state index >= 15 is 0 Å². The fourth-order valence-corrected chi connectivity index (χ4v) is 1.79. The summed E-state index contributed by atoms with van der Waals surface area (Å²) < 4.78 is 5.70. The number of anilines is 1. The third-order valence-electron chi connectivity index (χ3n) is 2.46. The second-order valence-electron chi connectivity index (χ2n) is 3.76. The molecule has 0 aliphatic heterocycles. The van der Waals surface area contributed by atoms with Crippen molar-refractivity contribution in [2.24, 2.45) is 0 Å². The fraction of sp³-hybridized carbons (Fsp3) is 0.214. The van der Waals surface area contributed by atoms with Crippen LogP contribution >= 0.6 is 11.6 Å². The van der Waals surface area contributed by atoms with Crippen LogP contribution in [-0.2, 0) is 6.61 Å². The number of benzene rings is 1. The molecule has 4 heteroatoms. The molecule has 1 aromatic carbocycles. The molecule has 1 heterocycles. The van der Waals surface area contributed by atoms with Gasteiger partial charge in [0.1, 0.15) is 18.2 Å². The van der Waals surface area contributed by atoms with Crippen molar-refractivity contribution in [3.63, 3.8) is 0 Å². The van der Waals surface area contributed by atoms with Crippen molar-refractivity contribution in [3.05, 3.63) is 53.2 Å². The summed E-state index contributed by atoms with van der Waals surface area (Å²) in [6.07, 6.45) is 1.76. The molecule has 3 nitrogen and oxygen atoms in total. The number of ether oxygens (including phenoxy) is 1. The third kappa shape index (κ3) is 3.14. The Morgan fingerprint density at radius 3 is 2.83 bits per heavy atom. The van der Waals surface area contributed by atoms with Crippen LogP contribution in [0, 0.1) is 0 Å². The molecule has 0 bridgehead atoms. The number of nitrogens with one attached hydrogen (secondary N) is 1. The van der Waals surface area contributed by atoms with Gasteiger partial charge in [0.15, 0.2) is 0 Å². The summed E-state index contributed by atoms with van der Waals surface area (Å²) >= 11 is 6.04. The lowest BCUT2D eigenvalue weighted by molar-refractivity contribution is 0.306. The standard InChI is InChI=1S/C14H15ClN2O/c1-2-16-14-11(6-5-9-17-14)10-18-13-8-4-3-7-12(13)15/h3-9H,2,10H2,1H3,(H,16,17). The van der Waals surface area contributed by atoms with Crippen LogP contribution in [0.4, 0.5) is 5.82 Å². The van der Waals surface area contributed by atoms with Gasteiger partial charge in [-0.05, 0) is 25.1 Å². The molecule has 94 valence electrons. The van der Waals surface area contributed by atoms with Crippen molar-refractivity contribution in [1.29, 1.82) is 0 Å². The zero-order valence-corrected chi connectivity index (χ0v) is 10.9. The van der Waals surface area contributed by atoms with E-state index < -0.39 is 0 Å². The average Bonchev–Trinajstić information content (AvgIpc) is 2.40. The van der Waals surface area contributed by atoms with Gasteiger partial charge in [-0.15, -0.1) is 0 Å². The van der Waals surface area contributed by atoms with Crippen LogP contribution in [0.1, 0.15) is 12.5 Å². The molecule has 1 N–H and O–H groups in total. The van der Waals surface area contributed by atoms with E-state index in [4.69, 9.17) is 16.3 Å². The van der Waals surface area contributed by atoms with E-state index in [1.165, 1.54) is 0 Å². The highest BCUT2D eigenvalue weighted by atomic mass is 35.5. The zero-order chi connectivity index (χ0) is 12.8. The first-order chi connectivity index (χ1) is 8.81. The summed E-state index contributed by atoms with van der Waals surface area (Å²) in [7, 11) is 0. The smallest absolute Gasteiger partial charge is 0.138 e. The highest BCUT2D eigenvalue weighted by Gasteiger charge is 2.04. The molecular weight excluding hydrogens is 248 g/mol. The van der Waals surface area contributed by atoms with Gasteiger partial charge in [-0.1, -0.05) is 29.8 Å². The number of pyridine rings is 1. The van der Waals surface area contributed by atoms with Gasteiger partial charge in [0.2, 0.25) is 0 Å². The van der Waals surface area contributed by atoms with Gasteiger partial charge in [0.25, 0.3) is 0 Å². The largest absolute Gasteiger partial charge is 0.487 e. The van der Waals surface area contributed by atoms with Crippen LogP contribution in [0.15, 0.2) is 42.6 Å². The number of halogens is 1. The number of nitrogens with zero attached hydrogens (tertiary/aromatic N) is 1. The van der Waals surface area contributed by atoms with Crippen LogP contribution in [-0.4, -0.2) is 11.5 Å². The van der Waals surface area contributed by atoms with Crippen LogP contribution in [0.25, 0.3) is 0 Å². The number of hydrogen-bond donors (Lipinski definition) is 1. The Morgan fingerprint density at radius 1 is 1.22 bits per heavy atom. The normalized spacial score (nSPS) is 10.1. The van der Waals surface area contributed by atoms with Crippen LogP contribution in [0.3, 0.4) is 0 Å². The number of hydrogen-bond acceptors (Lipinski definition) is 3. The van der Waals surface area contributed by atoms with Crippen LogP contribution in [0.5, 0.6) is 5.75 Å². The van der Waals surface area contributed by atoms with Crippen molar-refractivity contribution >= 4 is 17.4 Å². The Bertz CT molecular complexity index is 517. The van der Waals surface area contributed by atoms with E-state index in [2.05, 4.69) is 10.3 Å². The number of para-hydroxylation sites is 1. The van der Waals surface area contributed by atoms with Gasteiger partial charge in [-0.2, -0.15) is 0 Å². The molecule has 0 amide bonds. The second kappa shape index (κ2) is 6.26. The first kappa shape index (κ1) is 12.7. The van der Waals surface area contributed by atoms with Crippen molar-refractivity contribution < 1.29 is 4.74 Å². The molecule has 2 rings (SSSR count). The quantitative estimate of drug-likeness (QED) is 0.891. The van der Waals surface area contributed by atoms with Crippen LogP contribution < -0.4 is 10.1 Å². The molecule has 0 saturated heterocycles. The third-order valence-corrected chi connectivity index (χ3v) is 2.77. The minimum Gasteiger partial charge on any atom is -0.487 e. The van der Waals surface area contributed by atoms with Crippen molar-refractivity contribution in [2.75, 3.05) is 11.9 Å². The lowest BCUT2D eigenvalue weighted by atomic mass is 10.2. The predicted molar refractivity (Wildman–Crippen MR) is 74.2 cm³/mol. The molecular formula is C14H15ClN2O. The summed E-state index contributed by atoms with van der Waals surface area (Å²) in [5.41, 5.74) is 1.01. The first-order valence-electron chi connectivity index (χ1n) is 5.86. The molecule has 0 radical (unpaired) electrons. The Morgan fingerprint density at radius 2 is 2.06 bits per heavy atom. The molecule has 0 unspecified atom stereocenters. The maximum absolute atomic E-state index is 6.04. The maximum Gasteiger partial charge on any atom is 0.138 e. The zero-order valence-electron chi connectivity index (χ0n) is 10.2. The molecule has 0 fully saturated rings. The Balaban J connectivity index is 2.08. The van der Waals surface area contributed by atoms with E-state index in [-0.39, 0.29) is 0 Å². The van der Waals surface area contributed by atoms with Gasteiger partial charge in [0, 0.05) is 18.3 Å². The van der Waals surface area contributed by atoms with E-state index in [9.17, 15) is 0 Å². The molecule has 0 aliphatic rings. The van der Waals surface area contributed by atoms with Crippen LogP contribution in [0.2, 0.25) is 5.02 Å². The van der Waals surface area contributed by atoms with Crippen molar-refractivity contribution in [3.8, 4) is 5.75 Å². The maximum atomic E-state index is 6.04. The van der Waals surface area contributed by atoms with E-state index in [0.29, 0.717) is 17.4 Å². The Kier molecular flexibility index (Phi) is 4.42. The lowest BCUT2D eigenvalue weighted by Crippen LogP contribution is -2.05. The van der Waals surface area contributed by atoms with Gasteiger partial charge < -0.3 is 10.1 Å². The summed E-state index contributed by atoms with van der Waals surface area (Å²) in [5, 5.41) is 3.82. The fourth-order valence-electron chi connectivity index (χ4n) is 1.60. The highest BCUT2D eigenvalue weighted by Crippen LogP contribution is 2.24. The lowest BCUT2D eigenvalue weighted by Gasteiger charge is -2.11. The van der Waals surface area contributed by atoms with E-state index in [0.717, 1.165) is 17.9 Å². The van der Waals surface area contributed by atoms with E-state index in [1.807, 2.05) is 43.3 Å². The molecule has 0 spiro atoms. The minimum absolute atomic E-state index is 0.444. The average molecular weight is 263 g/mol. The minimum atomic E-state index is 0.444. The number of aromatic nitrogens is 1. The van der Waals surface area contributed by atoms with Gasteiger partial charge in [-0.3, -0.25) is 0 Å². The molecule has 0 saturated carbocycles. The second-order valence-corrected chi connectivity index (χ2v) is 4.17. The monoisotopic (exact) mass is 262 g/mol. The SMILES string of the molecule is CCNc1ncccc1COc1ccccc1Cl. The van der Waals surface area contributed by atoms with Crippen molar-refractivity contribution in [2.45, 2.75) is 13.5 Å². The summed E-state index contributed by atoms with van der Waals surface area (Å²) in [6.45, 7) is 3.31. The highest BCUT2D eigenvalue weighted by molar-refractivity contribution is 6.32. The molecule has 2 aromatic rings. The summed E-state index contributed by atoms with van der Waals surface area (Å²) in [5.74, 6) is 1.54. The first-order valence-corrected chi connectivity index (χ1v) is 6.24. The van der Waals surface area contributed by atoms with Crippen molar-refractivity contribution in [1.82, 2.24) is 4.98 Å². The topological polar surface area (TPSA) is 34.2 Å². The molecule has 0 atom stereocenters. The van der Waals surface area contributed by atoms with Gasteiger partial charge in [-0.25, -0.2) is 4.98 Å².